The highest BCUT2D eigenvalue weighted by Crippen LogP contribution is 2.15. The van der Waals surface area contributed by atoms with E-state index in [1.54, 1.807) is 0 Å². The van der Waals surface area contributed by atoms with E-state index in [1.165, 1.54) is 0 Å². The first-order valence-corrected chi connectivity index (χ1v) is 10.1. The molecule has 0 saturated carbocycles. The summed E-state index contributed by atoms with van der Waals surface area (Å²) in [5.74, 6) is 2.12. The predicted octanol–water partition coefficient (Wildman–Crippen LogP) is 2.48. The van der Waals surface area contributed by atoms with Crippen LogP contribution in [0.4, 0.5) is 23.5 Å². The molecule has 160 valence electrons. The minimum atomic E-state index is 0.483. The van der Waals surface area contributed by atoms with Gasteiger partial charge in [0, 0.05) is 25.3 Å². The molecule has 9 heteroatoms. The zero-order valence-corrected chi connectivity index (χ0v) is 17.4. The zero-order chi connectivity index (χ0) is 20.7. The second-order valence-electron chi connectivity index (χ2n) is 6.85. The number of nitrogens with two attached hydrogens (primary N) is 1. The van der Waals surface area contributed by atoms with Gasteiger partial charge in [-0.2, -0.15) is 15.0 Å². The van der Waals surface area contributed by atoms with Crippen LogP contribution in [0, 0.1) is 5.92 Å². The minimum Gasteiger partial charge on any atom is -0.378 e. The maximum Gasteiger partial charge on any atom is 0.233 e. The largest absolute Gasteiger partial charge is 0.378 e. The smallest absolute Gasteiger partial charge is 0.233 e. The third-order valence-electron chi connectivity index (χ3n) is 3.83. The second-order valence-corrected chi connectivity index (χ2v) is 6.85. The van der Waals surface area contributed by atoms with E-state index in [9.17, 15) is 0 Å². The molecule has 1 aromatic carbocycles. The van der Waals surface area contributed by atoms with E-state index in [-0.39, 0.29) is 0 Å². The average Bonchev–Trinajstić information content (AvgIpc) is 2.70. The Hall–Kier alpha value is -2.49. The molecule has 0 saturated heterocycles. The van der Waals surface area contributed by atoms with Crippen LogP contribution >= 0.6 is 0 Å². The second kappa shape index (κ2) is 13.6. The lowest BCUT2D eigenvalue weighted by Gasteiger charge is -2.12. The van der Waals surface area contributed by atoms with Crippen LogP contribution in [0.15, 0.2) is 30.3 Å². The molecule has 2 rings (SSSR count). The Morgan fingerprint density at radius 2 is 1.45 bits per heavy atom. The molecule has 0 aliphatic rings. The van der Waals surface area contributed by atoms with Gasteiger partial charge in [-0.05, 0) is 24.5 Å². The fourth-order valence-corrected chi connectivity index (χ4v) is 2.35. The number of anilines is 4. The molecule has 29 heavy (non-hydrogen) atoms. The number of para-hydroxylation sites is 1. The molecule has 0 atom stereocenters. The maximum absolute atomic E-state index is 5.52. The van der Waals surface area contributed by atoms with E-state index in [4.69, 9.17) is 15.2 Å². The third kappa shape index (κ3) is 10.0. The number of hydrogen-bond acceptors (Lipinski definition) is 9. The Labute approximate surface area is 172 Å². The predicted molar refractivity (Wildman–Crippen MR) is 117 cm³/mol. The Morgan fingerprint density at radius 3 is 2.10 bits per heavy atom. The quantitative estimate of drug-likeness (QED) is 0.332. The highest BCUT2D eigenvalue weighted by Gasteiger charge is 2.07. The number of hydrogen-bond donors (Lipinski definition) is 4. The van der Waals surface area contributed by atoms with Crippen LogP contribution < -0.4 is 21.7 Å². The molecule has 0 aliphatic heterocycles. The van der Waals surface area contributed by atoms with Gasteiger partial charge in [0.05, 0.1) is 26.4 Å². The van der Waals surface area contributed by atoms with Gasteiger partial charge in [0.25, 0.3) is 0 Å². The van der Waals surface area contributed by atoms with Crippen LogP contribution in [0.1, 0.15) is 20.3 Å². The van der Waals surface area contributed by atoms with Gasteiger partial charge in [-0.1, -0.05) is 32.0 Å². The number of rotatable bonds is 15. The molecule has 0 radical (unpaired) electrons. The van der Waals surface area contributed by atoms with Crippen LogP contribution in [0.3, 0.4) is 0 Å². The third-order valence-corrected chi connectivity index (χ3v) is 3.83. The Balaban J connectivity index is 1.89. The highest BCUT2D eigenvalue weighted by molar-refractivity contribution is 5.55. The summed E-state index contributed by atoms with van der Waals surface area (Å²) < 4.78 is 10.8. The Morgan fingerprint density at radius 1 is 0.828 bits per heavy atom. The fourth-order valence-electron chi connectivity index (χ4n) is 2.35. The standard InChI is InChI=1S/C20H33N7O2/c1-16(2)8-10-22-18-25-19(23-11-13-29-15-14-28-12-9-21)27-20(26-18)24-17-6-4-3-5-7-17/h3-7,16H,8-15,21H2,1-2H3,(H3,22,23,24,25,26,27). The van der Waals surface area contributed by atoms with Gasteiger partial charge in [-0.25, -0.2) is 0 Å². The summed E-state index contributed by atoms with van der Waals surface area (Å²) >= 11 is 0. The van der Waals surface area contributed by atoms with Crippen LogP contribution in [0.25, 0.3) is 0 Å². The van der Waals surface area contributed by atoms with E-state index in [1.807, 2.05) is 30.3 Å². The van der Waals surface area contributed by atoms with Crippen molar-refractivity contribution in [1.29, 1.82) is 0 Å². The molecular formula is C20H33N7O2. The van der Waals surface area contributed by atoms with Gasteiger partial charge in [-0.15, -0.1) is 0 Å². The van der Waals surface area contributed by atoms with Gasteiger partial charge in [0.1, 0.15) is 0 Å². The zero-order valence-electron chi connectivity index (χ0n) is 17.4. The Bertz CT molecular complexity index is 686. The summed E-state index contributed by atoms with van der Waals surface area (Å²) in [5.41, 5.74) is 6.28. The van der Waals surface area contributed by atoms with Crippen LogP contribution in [0.5, 0.6) is 0 Å². The topological polar surface area (TPSA) is 119 Å². The highest BCUT2D eigenvalue weighted by atomic mass is 16.5. The maximum atomic E-state index is 5.52. The normalized spacial score (nSPS) is 10.9. The molecule has 1 heterocycles. The summed E-state index contributed by atoms with van der Waals surface area (Å²) in [4.78, 5) is 13.4. The van der Waals surface area contributed by atoms with E-state index >= 15 is 0 Å². The van der Waals surface area contributed by atoms with Crippen molar-refractivity contribution >= 4 is 23.5 Å². The number of nitrogens with one attached hydrogen (secondary N) is 3. The summed E-state index contributed by atoms with van der Waals surface area (Å²) in [6, 6.07) is 9.80. The molecule has 0 aliphatic carbocycles. The summed E-state index contributed by atoms with van der Waals surface area (Å²) in [6.45, 7) is 8.42. The first-order chi connectivity index (χ1) is 14.2. The van der Waals surface area contributed by atoms with Crippen molar-refractivity contribution in [2.24, 2.45) is 11.7 Å². The number of benzene rings is 1. The van der Waals surface area contributed by atoms with Crippen LogP contribution in [-0.2, 0) is 9.47 Å². The van der Waals surface area contributed by atoms with Gasteiger partial charge < -0.3 is 31.2 Å². The molecular weight excluding hydrogens is 370 g/mol. The number of aromatic nitrogens is 3. The van der Waals surface area contributed by atoms with E-state index in [2.05, 4.69) is 44.7 Å². The summed E-state index contributed by atoms with van der Waals surface area (Å²) in [5, 5.41) is 9.67. The van der Waals surface area contributed by atoms with Crippen molar-refractivity contribution in [3.05, 3.63) is 30.3 Å². The van der Waals surface area contributed by atoms with Gasteiger partial charge in [0.15, 0.2) is 0 Å². The lowest BCUT2D eigenvalue weighted by atomic mass is 10.1. The molecule has 0 unspecified atom stereocenters. The Kier molecular flexibility index (Phi) is 10.7. The van der Waals surface area contributed by atoms with Gasteiger partial charge in [-0.3, -0.25) is 0 Å². The van der Waals surface area contributed by atoms with Crippen LogP contribution in [-0.4, -0.2) is 61.0 Å². The SMILES string of the molecule is CC(C)CCNc1nc(NCCOCCOCCN)nc(Nc2ccccc2)n1. The molecule has 1 aromatic heterocycles. The van der Waals surface area contributed by atoms with Crippen molar-refractivity contribution in [3.8, 4) is 0 Å². The first kappa shape index (κ1) is 22.8. The minimum absolute atomic E-state index is 0.483. The van der Waals surface area contributed by atoms with Crippen molar-refractivity contribution in [2.75, 3.05) is 62.0 Å². The monoisotopic (exact) mass is 403 g/mol. The molecule has 2 aromatic rings. The molecule has 0 amide bonds. The lowest BCUT2D eigenvalue weighted by molar-refractivity contribution is 0.0547. The van der Waals surface area contributed by atoms with Gasteiger partial charge in [0.2, 0.25) is 17.8 Å². The molecule has 5 N–H and O–H groups in total. The van der Waals surface area contributed by atoms with Crippen molar-refractivity contribution in [1.82, 2.24) is 15.0 Å². The van der Waals surface area contributed by atoms with Crippen molar-refractivity contribution in [3.63, 3.8) is 0 Å². The van der Waals surface area contributed by atoms with Gasteiger partial charge >= 0.3 is 0 Å². The summed E-state index contributed by atoms with van der Waals surface area (Å²) in [7, 11) is 0. The van der Waals surface area contributed by atoms with E-state index < -0.39 is 0 Å². The lowest BCUT2D eigenvalue weighted by Crippen LogP contribution is -2.17. The summed E-state index contributed by atoms with van der Waals surface area (Å²) in [6.07, 6.45) is 1.04. The van der Waals surface area contributed by atoms with E-state index in [0.717, 1.165) is 18.7 Å². The fraction of sp³-hybridized carbons (Fsp3) is 0.550. The van der Waals surface area contributed by atoms with E-state index in [0.29, 0.717) is 63.3 Å². The van der Waals surface area contributed by atoms with Crippen LogP contribution in [0.2, 0.25) is 0 Å². The molecule has 0 bridgehead atoms. The molecule has 0 spiro atoms. The molecule has 0 fully saturated rings. The number of nitrogens with zero attached hydrogens (tertiary/aromatic N) is 3. The number of ether oxygens (including phenoxy) is 2. The average molecular weight is 404 g/mol. The first-order valence-electron chi connectivity index (χ1n) is 10.1. The van der Waals surface area contributed by atoms with Crippen molar-refractivity contribution in [2.45, 2.75) is 20.3 Å². The molecule has 9 nitrogen and oxygen atoms in total. The van der Waals surface area contributed by atoms with Crippen molar-refractivity contribution < 1.29 is 9.47 Å².